The molecule has 0 saturated heterocycles. The first kappa shape index (κ1) is 14.1. The molecule has 21 heavy (non-hydrogen) atoms. The number of rotatable bonds is 1. The van der Waals surface area contributed by atoms with Gasteiger partial charge in [-0.05, 0) is 46.3 Å². The van der Waals surface area contributed by atoms with Gasteiger partial charge in [-0.25, -0.2) is 4.39 Å². The van der Waals surface area contributed by atoms with Gasteiger partial charge in [0.05, 0.1) is 15.8 Å². The molecule has 3 rings (SSSR count). The summed E-state index contributed by atoms with van der Waals surface area (Å²) in [6.07, 6.45) is 0. The van der Waals surface area contributed by atoms with Gasteiger partial charge in [0.15, 0.2) is 0 Å². The summed E-state index contributed by atoms with van der Waals surface area (Å²) < 4.78 is 13.6. The second kappa shape index (κ2) is 5.48. The Labute approximate surface area is 131 Å². The average Bonchev–Trinajstić information content (AvgIpc) is 2.50. The fourth-order valence-electron chi connectivity index (χ4n) is 2.50. The maximum atomic E-state index is 13.3. The van der Waals surface area contributed by atoms with Crippen molar-refractivity contribution in [2.24, 2.45) is 0 Å². The van der Waals surface area contributed by atoms with Crippen molar-refractivity contribution in [1.29, 1.82) is 0 Å². The first-order valence-corrected chi connectivity index (χ1v) is 7.44. The van der Waals surface area contributed by atoms with E-state index in [1.54, 1.807) is 4.90 Å². The second-order valence-corrected chi connectivity index (χ2v) is 5.85. The molecule has 3 nitrogen and oxygen atoms in total. The van der Waals surface area contributed by atoms with Crippen LogP contribution in [0.5, 0.6) is 0 Å². The third kappa shape index (κ3) is 2.53. The number of anilines is 2. The monoisotopic (exact) mass is 348 g/mol. The zero-order valence-electron chi connectivity index (χ0n) is 11.5. The Morgan fingerprint density at radius 3 is 2.57 bits per heavy atom. The number of amides is 1. The van der Waals surface area contributed by atoms with Crippen molar-refractivity contribution >= 4 is 33.2 Å². The molecule has 0 unspecified atom stereocenters. The number of halogens is 2. The van der Waals surface area contributed by atoms with Crippen LogP contribution in [0.2, 0.25) is 0 Å². The van der Waals surface area contributed by atoms with Crippen LogP contribution < -0.4 is 9.80 Å². The number of carbonyl (C=O) groups excluding carboxylic acids is 1. The Bertz CT molecular complexity index is 704. The minimum absolute atomic E-state index is 0.115. The SMILES string of the molecule is CN1CCN(C(=O)c2ccc(F)c(Br)c2)c2ccccc21. The molecule has 1 aliphatic heterocycles. The van der Waals surface area contributed by atoms with Crippen LogP contribution in [0.1, 0.15) is 10.4 Å². The van der Waals surface area contributed by atoms with Gasteiger partial charge in [0.1, 0.15) is 5.82 Å². The molecule has 0 aromatic heterocycles. The zero-order chi connectivity index (χ0) is 15.0. The maximum absolute atomic E-state index is 13.3. The van der Waals surface area contributed by atoms with Gasteiger partial charge in [-0.15, -0.1) is 0 Å². The topological polar surface area (TPSA) is 23.6 Å². The molecule has 0 atom stereocenters. The van der Waals surface area contributed by atoms with Gasteiger partial charge in [0.2, 0.25) is 0 Å². The molecule has 1 amide bonds. The fraction of sp³-hybridized carbons (Fsp3) is 0.188. The number of carbonyl (C=O) groups is 1. The Hall–Kier alpha value is -1.88. The Kier molecular flexibility index (Phi) is 3.68. The number of benzene rings is 2. The molecule has 2 aromatic carbocycles. The largest absolute Gasteiger partial charge is 0.371 e. The van der Waals surface area contributed by atoms with Gasteiger partial charge in [0.25, 0.3) is 5.91 Å². The summed E-state index contributed by atoms with van der Waals surface area (Å²) in [5, 5.41) is 0. The van der Waals surface area contributed by atoms with E-state index in [9.17, 15) is 9.18 Å². The minimum Gasteiger partial charge on any atom is -0.371 e. The molecule has 5 heteroatoms. The molecule has 0 radical (unpaired) electrons. The van der Waals surface area contributed by atoms with Crippen molar-refractivity contribution in [3.63, 3.8) is 0 Å². The molecule has 0 fully saturated rings. The van der Waals surface area contributed by atoms with Gasteiger partial charge in [-0.3, -0.25) is 4.79 Å². The van der Waals surface area contributed by atoms with Gasteiger partial charge < -0.3 is 9.80 Å². The standard InChI is InChI=1S/C16H14BrFN2O/c1-19-8-9-20(15-5-3-2-4-14(15)19)16(21)11-6-7-13(18)12(17)10-11/h2-7,10H,8-9H2,1H3. The van der Waals surface area contributed by atoms with E-state index in [4.69, 9.17) is 0 Å². The van der Waals surface area contributed by atoms with E-state index in [2.05, 4.69) is 20.8 Å². The Morgan fingerprint density at radius 1 is 1.14 bits per heavy atom. The molecule has 1 aliphatic rings. The predicted octanol–water partition coefficient (Wildman–Crippen LogP) is 3.68. The summed E-state index contributed by atoms with van der Waals surface area (Å²) in [5.74, 6) is -0.485. The van der Waals surface area contributed by atoms with Crippen LogP contribution in [-0.2, 0) is 0 Å². The molecule has 0 saturated carbocycles. The smallest absolute Gasteiger partial charge is 0.258 e. The molecular weight excluding hydrogens is 335 g/mol. The summed E-state index contributed by atoms with van der Waals surface area (Å²) in [5.41, 5.74) is 2.39. The van der Waals surface area contributed by atoms with E-state index in [1.165, 1.54) is 18.2 Å². The van der Waals surface area contributed by atoms with Gasteiger partial charge >= 0.3 is 0 Å². The van der Waals surface area contributed by atoms with Crippen LogP contribution >= 0.6 is 15.9 Å². The number of hydrogen-bond acceptors (Lipinski definition) is 2. The van der Waals surface area contributed by atoms with Crippen LogP contribution in [0.4, 0.5) is 15.8 Å². The third-order valence-electron chi connectivity index (χ3n) is 3.65. The lowest BCUT2D eigenvalue weighted by atomic mass is 10.1. The Morgan fingerprint density at radius 2 is 1.86 bits per heavy atom. The molecule has 0 bridgehead atoms. The van der Waals surface area contributed by atoms with Crippen molar-refractivity contribution in [1.82, 2.24) is 0 Å². The van der Waals surface area contributed by atoms with Crippen LogP contribution in [0, 0.1) is 5.82 Å². The first-order chi connectivity index (χ1) is 10.1. The van der Waals surface area contributed by atoms with Crippen LogP contribution in [0.25, 0.3) is 0 Å². The molecule has 108 valence electrons. The molecule has 0 aliphatic carbocycles. The third-order valence-corrected chi connectivity index (χ3v) is 4.26. The molecule has 1 heterocycles. The van der Waals surface area contributed by atoms with E-state index in [0.29, 0.717) is 16.6 Å². The van der Waals surface area contributed by atoms with E-state index in [1.807, 2.05) is 31.3 Å². The second-order valence-electron chi connectivity index (χ2n) is 5.00. The highest BCUT2D eigenvalue weighted by Gasteiger charge is 2.25. The lowest BCUT2D eigenvalue weighted by Gasteiger charge is -2.35. The van der Waals surface area contributed by atoms with Crippen molar-refractivity contribution in [2.75, 3.05) is 29.9 Å². The molecule has 2 aromatic rings. The number of fused-ring (bicyclic) bond motifs is 1. The van der Waals surface area contributed by atoms with E-state index >= 15 is 0 Å². The van der Waals surface area contributed by atoms with E-state index in [-0.39, 0.29) is 11.7 Å². The molecule has 0 N–H and O–H groups in total. The van der Waals surface area contributed by atoms with Crippen LogP contribution in [0.15, 0.2) is 46.9 Å². The average molecular weight is 349 g/mol. The highest BCUT2D eigenvalue weighted by molar-refractivity contribution is 9.10. The predicted molar refractivity (Wildman–Crippen MR) is 85.5 cm³/mol. The van der Waals surface area contributed by atoms with E-state index < -0.39 is 0 Å². The van der Waals surface area contributed by atoms with Crippen molar-refractivity contribution in [3.8, 4) is 0 Å². The van der Waals surface area contributed by atoms with Crippen LogP contribution in [-0.4, -0.2) is 26.0 Å². The van der Waals surface area contributed by atoms with Crippen molar-refractivity contribution in [2.45, 2.75) is 0 Å². The normalized spacial score (nSPS) is 14.0. The molecule has 0 spiro atoms. The summed E-state index contributed by atoms with van der Waals surface area (Å²) in [4.78, 5) is 16.6. The van der Waals surface area contributed by atoms with E-state index in [0.717, 1.165) is 17.9 Å². The summed E-state index contributed by atoms with van der Waals surface area (Å²) in [6.45, 7) is 1.38. The van der Waals surface area contributed by atoms with Gasteiger partial charge in [-0.1, -0.05) is 12.1 Å². The Balaban J connectivity index is 1.99. The first-order valence-electron chi connectivity index (χ1n) is 6.65. The summed E-state index contributed by atoms with van der Waals surface area (Å²) in [7, 11) is 2.01. The number of likely N-dealkylation sites (N-methyl/N-ethyl adjacent to an activating group) is 1. The minimum atomic E-state index is -0.370. The summed E-state index contributed by atoms with van der Waals surface area (Å²) in [6, 6.07) is 12.1. The number of para-hydroxylation sites is 2. The number of nitrogens with zero attached hydrogens (tertiary/aromatic N) is 2. The zero-order valence-corrected chi connectivity index (χ0v) is 13.1. The van der Waals surface area contributed by atoms with Gasteiger partial charge in [-0.2, -0.15) is 0 Å². The lowest BCUT2D eigenvalue weighted by molar-refractivity contribution is 0.0986. The fourth-order valence-corrected chi connectivity index (χ4v) is 2.88. The maximum Gasteiger partial charge on any atom is 0.258 e. The lowest BCUT2D eigenvalue weighted by Crippen LogP contribution is -2.42. The van der Waals surface area contributed by atoms with Crippen molar-refractivity contribution < 1.29 is 9.18 Å². The molecular formula is C16H14BrFN2O. The van der Waals surface area contributed by atoms with Crippen molar-refractivity contribution in [3.05, 3.63) is 58.3 Å². The summed E-state index contributed by atoms with van der Waals surface area (Å²) >= 11 is 3.13. The van der Waals surface area contributed by atoms with Crippen LogP contribution in [0.3, 0.4) is 0 Å². The van der Waals surface area contributed by atoms with Gasteiger partial charge in [0, 0.05) is 25.7 Å². The highest BCUT2D eigenvalue weighted by Crippen LogP contribution is 2.33. The quantitative estimate of drug-likeness (QED) is 0.784. The highest BCUT2D eigenvalue weighted by atomic mass is 79.9. The number of hydrogen-bond donors (Lipinski definition) is 0.